The van der Waals surface area contributed by atoms with Gasteiger partial charge in [0.25, 0.3) is 0 Å². The Labute approximate surface area is 265 Å². The molecule has 238 valence electrons. The van der Waals surface area contributed by atoms with E-state index in [2.05, 4.69) is 70.5 Å². The third kappa shape index (κ3) is 7.35. The van der Waals surface area contributed by atoms with Crippen LogP contribution in [0, 0.1) is 0 Å². The van der Waals surface area contributed by atoms with E-state index in [9.17, 15) is 0 Å². The molecule has 1 heterocycles. The van der Waals surface area contributed by atoms with E-state index in [0.717, 1.165) is 37.3 Å². The van der Waals surface area contributed by atoms with Crippen LogP contribution in [0.1, 0.15) is 67.2 Å². The monoisotopic (exact) mass is 600 g/mol. The number of unbranched alkanes of at least 4 members (excludes halogenated alkanes) is 5. The summed E-state index contributed by atoms with van der Waals surface area (Å²) in [6.07, 6.45) is 10.7. The highest BCUT2D eigenvalue weighted by Crippen LogP contribution is 2.57. The van der Waals surface area contributed by atoms with Crippen molar-refractivity contribution in [1.29, 1.82) is 0 Å². The molecular formula is C38H52N2O4. The lowest BCUT2D eigenvalue weighted by atomic mass is 9.74. The third-order valence-corrected chi connectivity index (χ3v) is 9.86. The number of hydrogen-bond donors (Lipinski definition) is 0. The molecule has 6 nitrogen and oxygen atoms in total. The minimum atomic E-state index is 0.00415. The molecule has 0 amide bonds. The van der Waals surface area contributed by atoms with E-state index in [1.54, 1.807) is 28.4 Å². The van der Waals surface area contributed by atoms with Gasteiger partial charge in [0.15, 0.2) is 11.5 Å². The molecule has 0 N–H and O–H groups in total. The van der Waals surface area contributed by atoms with Crippen molar-refractivity contribution in [3.63, 3.8) is 0 Å². The molecule has 44 heavy (non-hydrogen) atoms. The summed E-state index contributed by atoms with van der Waals surface area (Å²) in [5.41, 5.74) is 5.19. The Hall–Kier alpha value is -3.22. The van der Waals surface area contributed by atoms with Gasteiger partial charge in [0.05, 0.1) is 28.4 Å². The first kappa shape index (κ1) is 32.2. The zero-order chi connectivity index (χ0) is 30.8. The summed E-state index contributed by atoms with van der Waals surface area (Å²) in [7, 11) is 6.77. The number of nitrogens with zero attached hydrogens (tertiary/aromatic N) is 2. The Kier molecular flexibility index (Phi) is 11.5. The van der Waals surface area contributed by atoms with Gasteiger partial charge in [-0.1, -0.05) is 92.8 Å². The molecule has 3 aromatic rings. The predicted molar refractivity (Wildman–Crippen MR) is 179 cm³/mol. The Morgan fingerprint density at radius 3 is 1.57 bits per heavy atom. The summed E-state index contributed by atoms with van der Waals surface area (Å²) in [6.45, 7) is 7.08. The molecule has 0 atom stereocenters. The van der Waals surface area contributed by atoms with Crippen LogP contribution in [0.5, 0.6) is 23.0 Å². The van der Waals surface area contributed by atoms with Crippen LogP contribution in [0.2, 0.25) is 0 Å². The molecule has 0 saturated carbocycles. The minimum absolute atomic E-state index is 0.00415. The van der Waals surface area contributed by atoms with Gasteiger partial charge in [0.2, 0.25) is 11.5 Å². The summed E-state index contributed by atoms with van der Waals surface area (Å²) in [5.74, 6) is 2.78. The van der Waals surface area contributed by atoms with Gasteiger partial charge in [-0.2, -0.15) is 0 Å². The molecule has 5 rings (SSSR count). The van der Waals surface area contributed by atoms with E-state index in [1.165, 1.54) is 93.5 Å². The van der Waals surface area contributed by atoms with Gasteiger partial charge in [-0.15, -0.1) is 0 Å². The number of benzene rings is 3. The maximum absolute atomic E-state index is 5.94. The van der Waals surface area contributed by atoms with Crippen LogP contribution < -0.4 is 18.9 Å². The number of ether oxygens (including phenoxy) is 4. The minimum Gasteiger partial charge on any atom is -0.492 e. The average Bonchev–Trinajstić information content (AvgIpc) is 3.46. The predicted octanol–water partition coefficient (Wildman–Crippen LogP) is 7.31. The summed E-state index contributed by atoms with van der Waals surface area (Å²) < 4.78 is 23.4. The summed E-state index contributed by atoms with van der Waals surface area (Å²) in [4.78, 5) is 5.26. The molecule has 0 aromatic heterocycles. The Balaban J connectivity index is 1.10. The number of hydrogen-bond acceptors (Lipinski definition) is 6. The normalized spacial score (nSPS) is 16.5. The van der Waals surface area contributed by atoms with Crippen molar-refractivity contribution in [3.8, 4) is 23.0 Å². The molecular weight excluding hydrogens is 548 g/mol. The van der Waals surface area contributed by atoms with Crippen molar-refractivity contribution in [2.45, 2.75) is 69.7 Å². The van der Waals surface area contributed by atoms with Gasteiger partial charge < -0.3 is 23.8 Å². The van der Waals surface area contributed by atoms with Gasteiger partial charge in [0.1, 0.15) is 0 Å². The highest BCUT2D eigenvalue weighted by atomic mass is 16.5. The van der Waals surface area contributed by atoms with E-state index in [1.807, 2.05) is 0 Å². The molecule has 1 fully saturated rings. The van der Waals surface area contributed by atoms with Crippen molar-refractivity contribution >= 4 is 0 Å². The SMILES string of the molecule is COc1c2c(c(OC)c(OC)c1OC)CC(CCCCCCCCN1CCN(Cc3ccccc3)CC1)(c1ccccc1)C2. The van der Waals surface area contributed by atoms with Crippen LogP contribution in [0.25, 0.3) is 0 Å². The number of methoxy groups -OCH3 is 4. The van der Waals surface area contributed by atoms with Crippen LogP contribution >= 0.6 is 0 Å². The van der Waals surface area contributed by atoms with Crippen LogP contribution in [0.3, 0.4) is 0 Å². The molecule has 0 spiro atoms. The van der Waals surface area contributed by atoms with E-state index in [0.29, 0.717) is 11.5 Å². The number of piperazine rings is 1. The van der Waals surface area contributed by atoms with Crippen molar-refractivity contribution in [2.75, 3.05) is 61.2 Å². The van der Waals surface area contributed by atoms with Gasteiger partial charge in [-0.05, 0) is 43.4 Å². The van der Waals surface area contributed by atoms with Crippen molar-refractivity contribution < 1.29 is 18.9 Å². The Bertz CT molecular complexity index is 1260. The topological polar surface area (TPSA) is 43.4 Å². The van der Waals surface area contributed by atoms with Crippen LogP contribution in [-0.2, 0) is 24.8 Å². The van der Waals surface area contributed by atoms with E-state index in [4.69, 9.17) is 18.9 Å². The maximum Gasteiger partial charge on any atom is 0.207 e. The van der Waals surface area contributed by atoms with Gasteiger partial charge in [-0.25, -0.2) is 0 Å². The van der Waals surface area contributed by atoms with Gasteiger partial charge in [0, 0.05) is 49.3 Å². The largest absolute Gasteiger partial charge is 0.492 e. The molecule has 1 saturated heterocycles. The van der Waals surface area contributed by atoms with E-state index >= 15 is 0 Å². The van der Waals surface area contributed by atoms with Gasteiger partial charge >= 0.3 is 0 Å². The second-order valence-electron chi connectivity index (χ2n) is 12.6. The second kappa shape index (κ2) is 15.7. The highest BCUT2D eigenvalue weighted by molar-refractivity contribution is 5.69. The molecule has 1 aliphatic carbocycles. The fraction of sp³-hybridized carbons (Fsp3) is 0.526. The molecule has 3 aromatic carbocycles. The van der Waals surface area contributed by atoms with Crippen molar-refractivity contribution in [1.82, 2.24) is 9.80 Å². The van der Waals surface area contributed by atoms with Crippen molar-refractivity contribution in [2.24, 2.45) is 0 Å². The zero-order valence-electron chi connectivity index (χ0n) is 27.4. The average molecular weight is 601 g/mol. The zero-order valence-corrected chi connectivity index (χ0v) is 27.4. The van der Waals surface area contributed by atoms with Crippen LogP contribution in [-0.4, -0.2) is 71.0 Å². The summed E-state index contributed by atoms with van der Waals surface area (Å²) >= 11 is 0. The molecule has 0 bridgehead atoms. The molecule has 0 unspecified atom stereocenters. The fourth-order valence-electron chi connectivity index (χ4n) is 7.51. The quantitative estimate of drug-likeness (QED) is 0.161. The first-order chi connectivity index (χ1) is 21.6. The van der Waals surface area contributed by atoms with E-state index in [-0.39, 0.29) is 5.41 Å². The maximum atomic E-state index is 5.94. The molecule has 6 heteroatoms. The smallest absolute Gasteiger partial charge is 0.207 e. The standard InChI is InChI=1S/C38H52N2O4/c1-41-34-32-27-38(31-19-13-10-14-20-31,28-33(32)35(42-2)37(44-4)36(34)43-3)21-15-7-5-6-8-16-22-39-23-25-40(26-24-39)29-30-17-11-9-12-18-30/h9-14,17-20H,5-8,15-16,21-29H2,1-4H3. The number of rotatable bonds is 16. The van der Waals surface area contributed by atoms with E-state index < -0.39 is 0 Å². The number of fused-ring (bicyclic) bond motifs is 1. The molecule has 2 aliphatic rings. The lowest BCUT2D eigenvalue weighted by Gasteiger charge is -2.34. The second-order valence-corrected chi connectivity index (χ2v) is 12.6. The first-order valence-corrected chi connectivity index (χ1v) is 16.5. The van der Waals surface area contributed by atoms with Crippen LogP contribution in [0.4, 0.5) is 0 Å². The Morgan fingerprint density at radius 2 is 1.02 bits per heavy atom. The highest BCUT2D eigenvalue weighted by Gasteiger charge is 2.44. The van der Waals surface area contributed by atoms with Gasteiger partial charge in [-0.3, -0.25) is 4.90 Å². The van der Waals surface area contributed by atoms with Crippen molar-refractivity contribution in [3.05, 3.63) is 82.9 Å². The van der Waals surface area contributed by atoms with Crippen LogP contribution in [0.15, 0.2) is 60.7 Å². The summed E-state index contributed by atoms with van der Waals surface area (Å²) in [5, 5.41) is 0. The lowest BCUT2D eigenvalue weighted by molar-refractivity contribution is 0.125. The molecule has 0 radical (unpaired) electrons. The fourth-order valence-corrected chi connectivity index (χ4v) is 7.51. The first-order valence-electron chi connectivity index (χ1n) is 16.5. The lowest BCUT2D eigenvalue weighted by Crippen LogP contribution is -2.46. The third-order valence-electron chi connectivity index (χ3n) is 9.86. The Morgan fingerprint density at radius 1 is 0.545 bits per heavy atom. The summed E-state index contributed by atoms with van der Waals surface area (Å²) in [6, 6.07) is 21.9. The molecule has 1 aliphatic heterocycles.